The lowest BCUT2D eigenvalue weighted by Crippen LogP contribution is -2.48. The summed E-state index contributed by atoms with van der Waals surface area (Å²) in [5.74, 6) is 5.08. The molecule has 0 N–H and O–H groups in total. The molecule has 0 aromatic rings. The van der Waals surface area contributed by atoms with Crippen molar-refractivity contribution in [3.8, 4) is 0 Å². The third-order valence-electron chi connectivity index (χ3n) is 9.16. The van der Waals surface area contributed by atoms with Crippen LogP contribution in [0.25, 0.3) is 0 Å². The van der Waals surface area contributed by atoms with E-state index in [9.17, 15) is 0 Å². The summed E-state index contributed by atoms with van der Waals surface area (Å²) >= 11 is 4.91. The first-order valence-corrected chi connectivity index (χ1v) is 12.1. The molecule has 0 heterocycles. The monoisotopic (exact) mass is 358 g/mol. The second-order valence-corrected chi connectivity index (χ2v) is 11.4. The molecule has 0 nitrogen and oxygen atoms in total. The Morgan fingerprint density at radius 2 is 1.76 bits per heavy atom. The van der Waals surface area contributed by atoms with E-state index < -0.39 is 0 Å². The van der Waals surface area contributed by atoms with Crippen molar-refractivity contribution in [1.29, 1.82) is 0 Å². The predicted molar refractivity (Wildman–Crippen MR) is 110 cm³/mol. The van der Waals surface area contributed by atoms with E-state index in [1.165, 1.54) is 77.0 Å². The van der Waals surface area contributed by atoms with E-state index in [1.54, 1.807) is 12.8 Å². The van der Waals surface area contributed by atoms with Crippen molar-refractivity contribution in [2.24, 2.45) is 35.0 Å². The quantitative estimate of drug-likeness (QED) is 0.390. The minimum absolute atomic E-state index is 0.642. The first kappa shape index (κ1) is 17.2. The molecule has 25 heavy (non-hydrogen) atoms. The van der Waals surface area contributed by atoms with Gasteiger partial charge in [0.25, 0.3) is 0 Å². The lowest BCUT2D eigenvalue weighted by atomic mass is 9.47. The largest absolute Gasteiger partial charge is 0.176 e. The molecule has 0 radical (unpaired) electrons. The van der Waals surface area contributed by atoms with E-state index in [-0.39, 0.29) is 0 Å². The van der Waals surface area contributed by atoms with Gasteiger partial charge < -0.3 is 0 Å². The molecule has 5 saturated carbocycles. The number of thiol groups is 1. The maximum Gasteiger partial charge on any atom is 0.00455 e. The minimum atomic E-state index is 0.642. The van der Waals surface area contributed by atoms with Gasteiger partial charge in [0.05, 0.1) is 0 Å². The van der Waals surface area contributed by atoms with Crippen LogP contribution in [0.1, 0.15) is 96.8 Å². The Kier molecular flexibility index (Phi) is 4.55. The molecular weight excluding hydrogens is 320 g/mol. The molecule has 5 fully saturated rings. The average molecular weight is 359 g/mol. The van der Waals surface area contributed by atoms with Crippen LogP contribution in [0.4, 0.5) is 0 Å². The van der Waals surface area contributed by atoms with E-state index in [0.717, 1.165) is 34.8 Å². The van der Waals surface area contributed by atoms with Crippen molar-refractivity contribution in [1.82, 2.24) is 0 Å². The maximum absolute atomic E-state index is 4.91. The van der Waals surface area contributed by atoms with E-state index >= 15 is 0 Å². The van der Waals surface area contributed by atoms with E-state index in [0.29, 0.717) is 5.41 Å². The Hall–Kier alpha value is 0.0900. The maximum atomic E-state index is 4.91. The van der Waals surface area contributed by atoms with Gasteiger partial charge >= 0.3 is 0 Å². The number of hydrogen-bond acceptors (Lipinski definition) is 1. The van der Waals surface area contributed by atoms with Gasteiger partial charge in [-0.2, -0.15) is 12.6 Å². The van der Waals surface area contributed by atoms with Gasteiger partial charge in [0, 0.05) is 5.25 Å². The molecule has 140 valence electrons. The first-order chi connectivity index (χ1) is 12.1. The standard InChI is InChI=1S/C24H38S/c1-16-8-9-19(12-16)21-14-24(15-21,13-20-10-11-22(20)25)23(17-4-2-5-17)18-6-3-7-18/h16-17,19-22,25H,2-15H2,1H3. The third-order valence-corrected chi connectivity index (χ3v) is 9.84. The van der Waals surface area contributed by atoms with Crippen LogP contribution >= 0.6 is 12.6 Å². The van der Waals surface area contributed by atoms with Crippen LogP contribution < -0.4 is 0 Å². The minimum Gasteiger partial charge on any atom is -0.176 e. The van der Waals surface area contributed by atoms with Crippen molar-refractivity contribution in [3.05, 3.63) is 11.1 Å². The highest BCUT2D eigenvalue weighted by atomic mass is 32.1. The third kappa shape index (κ3) is 2.95. The summed E-state index contributed by atoms with van der Waals surface area (Å²) in [6.07, 6.45) is 21.0. The number of allylic oxidation sites excluding steroid dienone is 2. The molecule has 4 unspecified atom stereocenters. The molecule has 5 rings (SSSR count). The molecular formula is C24H38S. The van der Waals surface area contributed by atoms with Gasteiger partial charge in [-0.15, -0.1) is 0 Å². The van der Waals surface area contributed by atoms with Crippen LogP contribution in [-0.4, -0.2) is 5.25 Å². The molecule has 0 bridgehead atoms. The lowest BCUT2D eigenvalue weighted by molar-refractivity contribution is 0.00207. The summed E-state index contributed by atoms with van der Waals surface area (Å²) in [6, 6.07) is 0. The van der Waals surface area contributed by atoms with Crippen LogP contribution in [0, 0.1) is 35.0 Å². The summed E-state index contributed by atoms with van der Waals surface area (Å²) in [7, 11) is 0. The highest BCUT2D eigenvalue weighted by molar-refractivity contribution is 7.81. The SMILES string of the molecule is CC1CCC(C2CC(CC3CCC3S)(C(=C3CCC3)C3CCC3)C2)C1. The Balaban J connectivity index is 1.37. The molecule has 0 saturated heterocycles. The fourth-order valence-corrected chi connectivity index (χ4v) is 7.56. The van der Waals surface area contributed by atoms with Crippen LogP contribution in [0.15, 0.2) is 11.1 Å². The average Bonchev–Trinajstić information content (AvgIpc) is 2.87. The highest BCUT2D eigenvalue weighted by Crippen LogP contribution is 2.65. The molecule has 0 aromatic heterocycles. The Morgan fingerprint density at radius 3 is 2.20 bits per heavy atom. The Labute approximate surface area is 161 Å². The van der Waals surface area contributed by atoms with Gasteiger partial charge in [-0.1, -0.05) is 30.9 Å². The van der Waals surface area contributed by atoms with Crippen molar-refractivity contribution in [2.75, 3.05) is 0 Å². The summed E-state index contributed by atoms with van der Waals surface area (Å²) in [5, 5.41) is 0.719. The molecule has 0 aromatic carbocycles. The first-order valence-electron chi connectivity index (χ1n) is 11.5. The second kappa shape index (κ2) is 6.61. The van der Waals surface area contributed by atoms with Gasteiger partial charge in [-0.25, -0.2) is 0 Å². The normalized spacial score (nSPS) is 46.8. The zero-order chi connectivity index (χ0) is 17.0. The van der Waals surface area contributed by atoms with Gasteiger partial charge in [0.15, 0.2) is 0 Å². The predicted octanol–water partition coefficient (Wildman–Crippen LogP) is 7.20. The summed E-state index contributed by atoms with van der Waals surface area (Å²) in [5.41, 5.74) is 4.64. The number of hydrogen-bond donors (Lipinski definition) is 1. The molecule has 0 amide bonds. The van der Waals surface area contributed by atoms with Crippen molar-refractivity contribution < 1.29 is 0 Å². The van der Waals surface area contributed by atoms with Gasteiger partial charge in [-0.05, 0) is 112 Å². The summed E-state index contributed by atoms with van der Waals surface area (Å²) in [6.45, 7) is 2.49. The Bertz CT molecular complexity index is 530. The van der Waals surface area contributed by atoms with Crippen molar-refractivity contribution in [2.45, 2.75) is 102 Å². The highest BCUT2D eigenvalue weighted by Gasteiger charge is 2.54. The molecule has 0 aliphatic heterocycles. The number of rotatable bonds is 5. The van der Waals surface area contributed by atoms with Crippen LogP contribution in [-0.2, 0) is 0 Å². The Morgan fingerprint density at radius 1 is 0.960 bits per heavy atom. The fraction of sp³-hybridized carbons (Fsp3) is 0.917. The summed E-state index contributed by atoms with van der Waals surface area (Å²) < 4.78 is 0. The van der Waals surface area contributed by atoms with Crippen LogP contribution in [0.2, 0.25) is 0 Å². The van der Waals surface area contributed by atoms with Gasteiger partial charge in [0.1, 0.15) is 0 Å². The lowest BCUT2D eigenvalue weighted by Gasteiger charge is -2.58. The summed E-state index contributed by atoms with van der Waals surface area (Å²) in [4.78, 5) is 0. The smallest absolute Gasteiger partial charge is 0.00455 e. The van der Waals surface area contributed by atoms with E-state index in [4.69, 9.17) is 12.6 Å². The molecule has 5 aliphatic rings. The van der Waals surface area contributed by atoms with E-state index in [1.807, 2.05) is 5.57 Å². The van der Waals surface area contributed by atoms with Crippen molar-refractivity contribution >= 4 is 12.6 Å². The second-order valence-electron chi connectivity index (χ2n) is 10.7. The molecule has 5 aliphatic carbocycles. The van der Waals surface area contributed by atoms with Gasteiger partial charge in [-0.3, -0.25) is 0 Å². The van der Waals surface area contributed by atoms with Gasteiger partial charge in [0.2, 0.25) is 0 Å². The zero-order valence-electron chi connectivity index (χ0n) is 16.3. The zero-order valence-corrected chi connectivity index (χ0v) is 17.2. The topological polar surface area (TPSA) is 0 Å². The molecule has 1 heteroatoms. The fourth-order valence-electron chi connectivity index (χ4n) is 7.16. The van der Waals surface area contributed by atoms with Crippen LogP contribution in [0.3, 0.4) is 0 Å². The van der Waals surface area contributed by atoms with E-state index in [2.05, 4.69) is 12.5 Å². The molecule has 4 atom stereocenters. The van der Waals surface area contributed by atoms with Crippen LogP contribution in [0.5, 0.6) is 0 Å². The molecule has 0 spiro atoms. The van der Waals surface area contributed by atoms with Crippen molar-refractivity contribution in [3.63, 3.8) is 0 Å².